The standard InChI is InChI=1S/C15H22N4O2/c1-4-12(20)9-17-13-6-5-11(8-16-13)15-18-14(19-21-15)7-10(2)3/h5-6,8,10,12,20H,4,7,9H2,1-3H3,(H,16,17)/t12-/m1/s1. The molecule has 2 heterocycles. The third-order valence-electron chi connectivity index (χ3n) is 3.06. The SMILES string of the molecule is CC[C@@H](O)CNc1ccc(-c2nc(CC(C)C)no2)cn1. The van der Waals surface area contributed by atoms with E-state index in [4.69, 9.17) is 4.52 Å². The summed E-state index contributed by atoms with van der Waals surface area (Å²) in [4.78, 5) is 8.64. The van der Waals surface area contributed by atoms with Crippen molar-refractivity contribution in [3.05, 3.63) is 24.2 Å². The second kappa shape index (κ2) is 7.17. The van der Waals surface area contributed by atoms with E-state index in [1.165, 1.54) is 0 Å². The van der Waals surface area contributed by atoms with Gasteiger partial charge in [-0.05, 0) is 24.5 Å². The van der Waals surface area contributed by atoms with Gasteiger partial charge in [-0.15, -0.1) is 0 Å². The fourth-order valence-corrected chi connectivity index (χ4v) is 1.81. The van der Waals surface area contributed by atoms with Crippen LogP contribution in [0.25, 0.3) is 11.5 Å². The van der Waals surface area contributed by atoms with Gasteiger partial charge < -0.3 is 14.9 Å². The number of aliphatic hydroxyl groups is 1. The van der Waals surface area contributed by atoms with Gasteiger partial charge >= 0.3 is 0 Å². The number of hydrogen-bond donors (Lipinski definition) is 2. The Morgan fingerprint density at radius 2 is 2.14 bits per heavy atom. The van der Waals surface area contributed by atoms with Crippen molar-refractivity contribution >= 4 is 5.82 Å². The lowest BCUT2D eigenvalue weighted by molar-refractivity contribution is 0.183. The van der Waals surface area contributed by atoms with Crippen LogP contribution in [0.2, 0.25) is 0 Å². The Hall–Kier alpha value is -1.95. The number of nitrogens with zero attached hydrogens (tertiary/aromatic N) is 3. The summed E-state index contributed by atoms with van der Waals surface area (Å²) in [6.45, 7) is 6.65. The first kappa shape index (κ1) is 15.4. The molecule has 2 rings (SSSR count). The second-order valence-electron chi connectivity index (χ2n) is 5.49. The lowest BCUT2D eigenvalue weighted by atomic mass is 10.1. The van der Waals surface area contributed by atoms with Crippen molar-refractivity contribution in [3.8, 4) is 11.5 Å². The van der Waals surface area contributed by atoms with E-state index in [1.807, 2.05) is 19.1 Å². The molecule has 0 aliphatic heterocycles. The van der Waals surface area contributed by atoms with Crippen LogP contribution >= 0.6 is 0 Å². The highest BCUT2D eigenvalue weighted by molar-refractivity contribution is 5.54. The molecule has 6 nitrogen and oxygen atoms in total. The zero-order chi connectivity index (χ0) is 15.2. The summed E-state index contributed by atoms with van der Waals surface area (Å²) in [6.07, 6.45) is 2.84. The molecule has 2 aromatic rings. The largest absolute Gasteiger partial charge is 0.391 e. The average Bonchev–Trinajstić information content (AvgIpc) is 2.93. The Labute approximate surface area is 124 Å². The van der Waals surface area contributed by atoms with E-state index in [9.17, 15) is 5.11 Å². The Morgan fingerprint density at radius 1 is 1.33 bits per heavy atom. The smallest absolute Gasteiger partial charge is 0.259 e. The molecule has 0 spiro atoms. The molecular weight excluding hydrogens is 268 g/mol. The van der Waals surface area contributed by atoms with Crippen LogP contribution in [0.3, 0.4) is 0 Å². The zero-order valence-electron chi connectivity index (χ0n) is 12.7. The predicted molar refractivity (Wildman–Crippen MR) is 80.9 cm³/mol. The third-order valence-corrected chi connectivity index (χ3v) is 3.06. The number of anilines is 1. The van der Waals surface area contributed by atoms with E-state index in [1.54, 1.807) is 6.20 Å². The summed E-state index contributed by atoms with van der Waals surface area (Å²) in [5.74, 6) is 2.41. The van der Waals surface area contributed by atoms with E-state index in [0.29, 0.717) is 36.4 Å². The minimum Gasteiger partial charge on any atom is -0.391 e. The number of nitrogens with one attached hydrogen (secondary N) is 1. The van der Waals surface area contributed by atoms with Crippen LogP contribution in [0.1, 0.15) is 33.0 Å². The minimum atomic E-state index is -0.360. The Kier molecular flexibility index (Phi) is 5.27. The maximum Gasteiger partial charge on any atom is 0.259 e. The molecule has 1 atom stereocenters. The Morgan fingerprint density at radius 3 is 2.76 bits per heavy atom. The maximum atomic E-state index is 9.50. The molecule has 2 aromatic heterocycles. The molecule has 0 saturated carbocycles. The van der Waals surface area contributed by atoms with Crippen molar-refractivity contribution in [2.75, 3.05) is 11.9 Å². The van der Waals surface area contributed by atoms with Crippen molar-refractivity contribution in [2.24, 2.45) is 5.92 Å². The average molecular weight is 290 g/mol. The first-order valence-corrected chi connectivity index (χ1v) is 7.29. The molecule has 21 heavy (non-hydrogen) atoms. The predicted octanol–water partition coefficient (Wildman–Crippen LogP) is 2.51. The molecule has 0 amide bonds. The van der Waals surface area contributed by atoms with E-state index in [2.05, 4.69) is 34.3 Å². The summed E-state index contributed by atoms with van der Waals surface area (Å²) in [6, 6.07) is 3.71. The van der Waals surface area contributed by atoms with Gasteiger partial charge in [-0.2, -0.15) is 4.98 Å². The zero-order valence-corrected chi connectivity index (χ0v) is 12.7. The van der Waals surface area contributed by atoms with Crippen LogP contribution in [0.15, 0.2) is 22.9 Å². The van der Waals surface area contributed by atoms with Gasteiger partial charge in [0.05, 0.1) is 11.7 Å². The van der Waals surface area contributed by atoms with Crippen LogP contribution in [0.4, 0.5) is 5.82 Å². The molecule has 0 fully saturated rings. The molecule has 0 radical (unpaired) electrons. The summed E-state index contributed by atoms with van der Waals surface area (Å²) in [5.41, 5.74) is 0.791. The molecule has 0 unspecified atom stereocenters. The second-order valence-corrected chi connectivity index (χ2v) is 5.49. The van der Waals surface area contributed by atoms with Gasteiger partial charge in [0.2, 0.25) is 0 Å². The number of aliphatic hydroxyl groups excluding tert-OH is 1. The molecule has 0 bridgehead atoms. The Balaban J connectivity index is 1.99. The third kappa shape index (κ3) is 4.53. The van der Waals surface area contributed by atoms with Gasteiger partial charge in [0.1, 0.15) is 5.82 Å². The lowest BCUT2D eigenvalue weighted by Gasteiger charge is -2.09. The highest BCUT2D eigenvalue weighted by Gasteiger charge is 2.10. The van der Waals surface area contributed by atoms with E-state index in [0.717, 1.165) is 12.0 Å². The van der Waals surface area contributed by atoms with Crippen molar-refractivity contribution in [2.45, 2.75) is 39.7 Å². The molecule has 0 aromatic carbocycles. The number of aromatic nitrogens is 3. The summed E-state index contributed by atoms with van der Waals surface area (Å²) >= 11 is 0. The first-order valence-electron chi connectivity index (χ1n) is 7.29. The van der Waals surface area contributed by atoms with Crippen molar-refractivity contribution in [1.29, 1.82) is 0 Å². The molecule has 2 N–H and O–H groups in total. The van der Waals surface area contributed by atoms with Crippen LogP contribution in [0, 0.1) is 5.92 Å². The van der Waals surface area contributed by atoms with Gasteiger partial charge in [0, 0.05) is 19.2 Å². The molecule has 114 valence electrons. The van der Waals surface area contributed by atoms with Gasteiger partial charge in [-0.25, -0.2) is 4.98 Å². The van der Waals surface area contributed by atoms with Gasteiger partial charge in [0.15, 0.2) is 5.82 Å². The lowest BCUT2D eigenvalue weighted by Crippen LogP contribution is -2.18. The topological polar surface area (TPSA) is 84.1 Å². The Bertz CT molecular complexity index is 551. The number of rotatable bonds is 7. The van der Waals surface area contributed by atoms with Gasteiger partial charge in [-0.3, -0.25) is 0 Å². The molecule has 6 heteroatoms. The van der Waals surface area contributed by atoms with Crippen molar-refractivity contribution < 1.29 is 9.63 Å². The highest BCUT2D eigenvalue weighted by atomic mass is 16.5. The maximum absolute atomic E-state index is 9.50. The molecule has 0 aliphatic carbocycles. The van der Waals surface area contributed by atoms with E-state index in [-0.39, 0.29) is 6.10 Å². The highest BCUT2D eigenvalue weighted by Crippen LogP contribution is 2.18. The monoisotopic (exact) mass is 290 g/mol. The quantitative estimate of drug-likeness (QED) is 0.815. The molecule has 0 saturated heterocycles. The van der Waals surface area contributed by atoms with Gasteiger partial charge in [-0.1, -0.05) is 25.9 Å². The normalized spacial score (nSPS) is 12.6. The van der Waals surface area contributed by atoms with Crippen molar-refractivity contribution in [1.82, 2.24) is 15.1 Å². The fourth-order valence-electron chi connectivity index (χ4n) is 1.81. The molecular formula is C15H22N4O2. The van der Waals surface area contributed by atoms with Crippen LogP contribution < -0.4 is 5.32 Å². The first-order chi connectivity index (χ1) is 10.1. The van der Waals surface area contributed by atoms with Crippen LogP contribution in [-0.4, -0.2) is 32.9 Å². The van der Waals surface area contributed by atoms with Crippen molar-refractivity contribution in [3.63, 3.8) is 0 Å². The summed E-state index contributed by atoms with van der Waals surface area (Å²) in [5, 5.41) is 16.5. The molecule has 0 aliphatic rings. The summed E-state index contributed by atoms with van der Waals surface area (Å²) < 4.78 is 5.25. The summed E-state index contributed by atoms with van der Waals surface area (Å²) in [7, 11) is 0. The van der Waals surface area contributed by atoms with Crippen LogP contribution in [-0.2, 0) is 6.42 Å². The van der Waals surface area contributed by atoms with Crippen LogP contribution in [0.5, 0.6) is 0 Å². The number of pyridine rings is 1. The van der Waals surface area contributed by atoms with E-state index >= 15 is 0 Å². The van der Waals surface area contributed by atoms with Gasteiger partial charge in [0.25, 0.3) is 5.89 Å². The fraction of sp³-hybridized carbons (Fsp3) is 0.533. The minimum absolute atomic E-state index is 0.360. The number of hydrogen-bond acceptors (Lipinski definition) is 6. The van der Waals surface area contributed by atoms with E-state index < -0.39 is 0 Å².